The average Bonchev–Trinajstić information content (AvgIpc) is 2.67. The van der Waals surface area contributed by atoms with Gasteiger partial charge < -0.3 is 4.90 Å². The maximum atomic E-state index is 14.0. The van der Waals surface area contributed by atoms with E-state index in [1.807, 2.05) is 6.92 Å². The minimum atomic E-state index is -3.96. The highest BCUT2D eigenvalue weighted by Crippen LogP contribution is 2.54. The zero-order valence-electron chi connectivity index (χ0n) is 16.9. The molecule has 0 unspecified atom stereocenters. The summed E-state index contributed by atoms with van der Waals surface area (Å²) in [6, 6.07) is 13.2. The second-order valence-electron chi connectivity index (χ2n) is 8.08. The minimum Gasteiger partial charge on any atom is -0.332 e. The Kier molecular flexibility index (Phi) is 5.80. The predicted molar refractivity (Wildman–Crippen MR) is 118 cm³/mol. The van der Waals surface area contributed by atoms with Gasteiger partial charge in [0, 0.05) is 16.6 Å². The molecule has 0 saturated carbocycles. The molecule has 0 spiro atoms. The molecule has 1 aliphatic rings. The van der Waals surface area contributed by atoms with Crippen LogP contribution in [0.3, 0.4) is 0 Å². The van der Waals surface area contributed by atoms with E-state index in [1.165, 1.54) is 13.8 Å². The van der Waals surface area contributed by atoms with Crippen LogP contribution in [0.1, 0.15) is 51.3 Å². The summed E-state index contributed by atoms with van der Waals surface area (Å²) in [5.74, 6) is -0.390. The molecule has 0 N–H and O–H groups in total. The molecular formula is C22H25Cl2NO3S. The highest BCUT2D eigenvalue weighted by molar-refractivity contribution is 7.94. The van der Waals surface area contributed by atoms with Gasteiger partial charge in [-0.25, -0.2) is 8.42 Å². The lowest BCUT2D eigenvalue weighted by Crippen LogP contribution is -2.66. The number of hydrogen-bond acceptors (Lipinski definition) is 3. The SMILES string of the molecule is CCCN1C(=O)C(C)(C)S(=O)(=O)[C@](C)(c2cccc(Cl)c2)[C@H]1c1ccc(Cl)cc1. The standard InChI is InChI=1S/C22H25Cl2NO3S/c1-5-13-25-19(15-9-11-17(23)12-10-15)22(4,16-7-6-8-18(24)14-16)29(27,28)21(2,3)20(25)26/h6-12,14,19H,5,13H2,1-4H3/t19-,22-/m1/s1. The van der Waals surface area contributed by atoms with Crippen molar-refractivity contribution in [1.82, 2.24) is 4.90 Å². The molecule has 1 fully saturated rings. The summed E-state index contributed by atoms with van der Waals surface area (Å²) in [4.78, 5) is 15.1. The summed E-state index contributed by atoms with van der Waals surface area (Å²) in [6.07, 6.45) is 0.706. The Morgan fingerprint density at radius 1 is 1.00 bits per heavy atom. The van der Waals surface area contributed by atoms with Crippen molar-refractivity contribution in [2.75, 3.05) is 6.54 Å². The first kappa shape index (κ1) is 22.1. The van der Waals surface area contributed by atoms with Crippen molar-refractivity contribution >= 4 is 38.9 Å². The Morgan fingerprint density at radius 2 is 1.62 bits per heavy atom. The molecular weight excluding hydrogens is 429 g/mol. The molecule has 2 atom stereocenters. The quantitative estimate of drug-likeness (QED) is 0.622. The predicted octanol–water partition coefficient (Wildman–Crippen LogP) is 5.40. The largest absolute Gasteiger partial charge is 0.332 e. The number of halogens is 2. The van der Waals surface area contributed by atoms with Crippen LogP contribution in [0, 0.1) is 0 Å². The Hall–Kier alpha value is -1.56. The third kappa shape index (κ3) is 3.28. The Morgan fingerprint density at radius 3 is 2.17 bits per heavy atom. The fourth-order valence-electron chi connectivity index (χ4n) is 4.28. The highest BCUT2D eigenvalue weighted by Gasteiger charge is 2.64. The van der Waals surface area contributed by atoms with Crippen LogP contribution in [0.25, 0.3) is 0 Å². The van der Waals surface area contributed by atoms with E-state index in [4.69, 9.17) is 23.2 Å². The average molecular weight is 454 g/mol. The van der Waals surface area contributed by atoms with E-state index in [0.29, 0.717) is 28.6 Å². The molecule has 156 valence electrons. The van der Waals surface area contributed by atoms with E-state index in [1.54, 1.807) is 60.4 Å². The van der Waals surface area contributed by atoms with Crippen molar-refractivity contribution in [2.24, 2.45) is 0 Å². The van der Waals surface area contributed by atoms with E-state index >= 15 is 0 Å². The molecule has 2 aromatic carbocycles. The zero-order valence-corrected chi connectivity index (χ0v) is 19.3. The first-order chi connectivity index (χ1) is 13.5. The topological polar surface area (TPSA) is 54.5 Å². The molecule has 0 bridgehead atoms. The van der Waals surface area contributed by atoms with E-state index in [0.717, 1.165) is 5.56 Å². The van der Waals surface area contributed by atoms with Gasteiger partial charge in [-0.1, -0.05) is 54.4 Å². The van der Waals surface area contributed by atoms with Gasteiger partial charge >= 0.3 is 0 Å². The fraction of sp³-hybridized carbons (Fsp3) is 0.409. The summed E-state index contributed by atoms with van der Waals surface area (Å²) >= 11 is 12.3. The number of benzene rings is 2. The number of rotatable bonds is 4. The van der Waals surface area contributed by atoms with Crippen LogP contribution in [0.15, 0.2) is 48.5 Å². The summed E-state index contributed by atoms with van der Waals surface area (Å²) in [7, 11) is -3.96. The minimum absolute atomic E-state index is 0.390. The second kappa shape index (κ2) is 7.60. The lowest BCUT2D eigenvalue weighted by atomic mass is 9.85. The monoisotopic (exact) mass is 453 g/mol. The molecule has 0 radical (unpaired) electrons. The van der Waals surface area contributed by atoms with Crippen LogP contribution in [-0.4, -0.2) is 30.5 Å². The maximum Gasteiger partial charge on any atom is 0.244 e. The molecule has 7 heteroatoms. The molecule has 1 saturated heterocycles. The number of carbonyl (C=O) groups excluding carboxylic acids is 1. The summed E-state index contributed by atoms with van der Waals surface area (Å²) < 4.78 is 25.0. The van der Waals surface area contributed by atoms with Crippen LogP contribution in [0.2, 0.25) is 10.0 Å². The van der Waals surface area contributed by atoms with Gasteiger partial charge in [0.25, 0.3) is 0 Å². The van der Waals surface area contributed by atoms with Crippen molar-refractivity contribution in [2.45, 2.75) is 49.7 Å². The molecule has 2 aromatic rings. The molecule has 1 aliphatic heterocycles. The third-order valence-corrected chi connectivity index (χ3v) is 9.47. The van der Waals surface area contributed by atoms with Crippen LogP contribution >= 0.6 is 23.2 Å². The Balaban J connectivity index is 2.39. The molecule has 0 aromatic heterocycles. The van der Waals surface area contributed by atoms with Gasteiger partial charge in [0.1, 0.15) is 9.49 Å². The van der Waals surface area contributed by atoms with Gasteiger partial charge in [0.2, 0.25) is 5.91 Å². The maximum absolute atomic E-state index is 14.0. The second-order valence-corrected chi connectivity index (χ2v) is 11.8. The molecule has 1 heterocycles. The third-order valence-electron chi connectivity index (χ3n) is 5.89. The van der Waals surface area contributed by atoms with Crippen molar-refractivity contribution in [3.05, 3.63) is 69.7 Å². The van der Waals surface area contributed by atoms with Gasteiger partial charge in [0.15, 0.2) is 9.84 Å². The summed E-state index contributed by atoms with van der Waals surface area (Å²) in [6.45, 7) is 7.10. The Bertz CT molecular complexity index is 1030. The first-order valence-electron chi connectivity index (χ1n) is 9.55. The van der Waals surface area contributed by atoms with Gasteiger partial charge in [-0.2, -0.15) is 0 Å². The van der Waals surface area contributed by atoms with Gasteiger partial charge in [0.05, 0.1) is 6.04 Å². The number of amides is 1. The van der Waals surface area contributed by atoms with E-state index in [9.17, 15) is 13.2 Å². The first-order valence-corrected chi connectivity index (χ1v) is 11.8. The van der Waals surface area contributed by atoms with E-state index in [-0.39, 0.29) is 5.91 Å². The molecule has 3 rings (SSSR count). The van der Waals surface area contributed by atoms with E-state index in [2.05, 4.69) is 0 Å². The van der Waals surface area contributed by atoms with Crippen molar-refractivity contribution in [3.63, 3.8) is 0 Å². The van der Waals surface area contributed by atoms with Crippen LogP contribution in [0.5, 0.6) is 0 Å². The molecule has 1 amide bonds. The normalized spacial score (nSPS) is 25.8. The Labute approximate surface area is 182 Å². The lowest BCUT2D eigenvalue weighted by molar-refractivity contribution is -0.138. The van der Waals surface area contributed by atoms with Gasteiger partial charge in [-0.05, 0) is 62.6 Å². The fourth-order valence-corrected chi connectivity index (χ4v) is 7.00. The highest BCUT2D eigenvalue weighted by atomic mass is 35.5. The molecule has 29 heavy (non-hydrogen) atoms. The smallest absolute Gasteiger partial charge is 0.244 e. The van der Waals surface area contributed by atoms with Crippen molar-refractivity contribution in [1.29, 1.82) is 0 Å². The van der Waals surface area contributed by atoms with Crippen LogP contribution in [-0.2, 0) is 19.4 Å². The number of nitrogens with zero attached hydrogens (tertiary/aromatic N) is 1. The van der Waals surface area contributed by atoms with Crippen LogP contribution < -0.4 is 0 Å². The summed E-state index contributed by atoms with van der Waals surface area (Å²) in [5.41, 5.74) is 1.28. The van der Waals surface area contributed by atoms with E-state index < -0.39 is 25.4 Å². The molecule has 4 nitrogen and oxygen atoms in total. The summed E-state index contributed by atoms with van der Waals surface area (Å²) in [5, 5.41) is 0.996. The van der Waals surface area contributed by atoms with Crippen LogP contribution in [0.4, 0.5) is 0 Å². The zero-order chi connectivity index (χ0) is 21.6. The van der Waals surface area contributed by atoms with Gasteiger partial charge in [-0.3, -0.25) is 4.79 Å². The van der Waals surface area contributed by atoms with Crippen molar-refractivity contribution < 1.29 is 13.2 Å². The van der Waals surface area contributed by atoms with Crippen molar-refractivity contribution in [3.8, 4) is 0 Å². The number of hydrogen-bond donors (Lipinski definition) is 0. The lowest BCUT2D eigenvalue weighted by Gasteiger charge is -2.53. The molecule has 0 aliphatic carbocycles. The number of sulfone groups is 1. The number of carbonyl (C=O) groups is 1. The van der Waals surface area contributed by atoms with Gasteiger partial charge in [-0.15, -0.1) is 0 Å².